The lowest BCUT2D eigenvalue weighted by molar-refractivity contribution is 0.1000. The van der Waals surface area contributed by atoms with Crippen LogP contribution in [0.3, 0.4) is 0 Å². The van der Waals surface area contributed by atoms with Crippen molar-refractivity contribution >= 4 is 40.8 Å². The summed E-state index contributed by atoms with van der Waals surface area (Å²) in [4.78, 5) is 31.1. The Morgan fingerprint density at radius 3 is 2.57 bits per heavy atom. The summed E-state index contributed by atoms with van der Waals surface area (Å²) in [6, 6.07) is 11.8. The number of anilines is 4. The summed E-state index contributed by atoms with van der Waals surface area (Å²) in [5.41, 5.74) is 8.38. The van der Waals surface area contributed by atoms with Gasteiger partial charge >= 0.3 is 6.09 Å². The minimum absolute atomic E-state index is 0.379. The summed E-state index contributed by atoms with van der Waals surface area (Å²) in [6.45, 7) is 1.87. The number of amides is 2. The summed E-state index contributed by atoms with van der Waals surface area (Å²) < 4.78 is 4.95. The first kappa shape index (κ1) is 17.3. The van der Waals surface area contributed by atoms with Gasteiger partial charge in [0, 0.05) is 28.7 Å². The number of hydrogen-bond acceptors (Lipinski definition) is 7. The van der Waals surface area contributed by atoms with E-state index in [9.17, 15) is 9.59 Å². The Balaban J connectivity index is 1.53. The highest BCUT2D eigenvalue weighted by atomic mass is 16.6. The normalized spacial score (nSPS) is 12.0. The topological polar surface area (TPSA) is 133 Å². The molecule has 139 valence electrons. The zero-order chi connectivity index (χ0) is 19.7. The highest BCUT2D eigenvalue weighted by Gasteiger charge is 2.21. The van der Waals surface area contributed by atoms with Gasteiger partial charge in [0.05, 0.1) is 0 Å². The van der Waals surface area contributed by atoms with E-state index in [1.54, 1.807) is 48.7 Å². The second kappa shape index (κ2) is 6.88. The van der Waals surface area contributed by atoms with E-state index in [0.29, 0.717) is 40.1 Å². The van der Waals surface area contributed by atoms with Gasteiger partial charge in [0.25, 0.3) is 0 Å². The number of nitrogens with zero attached hydrogens (tertiary/aromatic N) is 3. The molecule has 4 N–H and O–H groups in total. The second-order valence-electron chi connectivity index (χ2n) is 6.08. The first-order valence-electron chi connectivity index (χ1n) is 8.33. The molecular weight excluding hydrogens is 360 g/mol. The number of hydrogen-bond donors (Lipinski definition) is 3. The highest BCUT2D eigenvalue weighted by Crippen LogP contribution is 2.34. The van der Waals surface area contributed by atoms with Gasteiger partial charge in [0.15, 0.2) is 5.75 Å². The fourth-order valence-electron chi connectivity index (χ4n) is 2.60. The van der Waals surface area contributed by atoms with Crippen molar-refractivity contribution in [3.63, 3.8) is 0 Å². The van der Waals surface area contributed by atoms with Crippen molar-refractivity contribution in [3.8, 4) is 5.75 Å². The number of aromatic nitrogens is 2. The van der Waals surface area contributed by atoms with Crippen LogP contribution in [0.2, 0.25) is 0 Å². The van der Waals surface area contributed by atoms with Crippen molar-refractivity contribution in [2.75, 3.05) is 10.6 Å². The fraction of sp³-hybridized carbons (Fsp3) is 0.0526. The van der Waals surface area contributed by atoms with Crippen LogP contribution < -0.4 is 26.4 Å². The lowest BCUT2D eigenvalue weighted by atomic mass is 10.2. The fourth-order valence-corrected chi connectivity index (χ4v) is 2.60. The van der Waals surface area contributed by atoms with Crippen LogP contribution in [0.1, 0.15) is 15.9 Å². The van der Waals surface area contributed by atoms with E-state index in [-0.39, 0.29) is 0 Å². The molecular formula is C19H15N6O3. The smallest absolute Gasteiger partial charge is 0.406 e. The van der Waals surface area contributed by atoms with Crippen LogP contribution in [0.25, 0.3) is 0 Å². The van der Waals surface area contributed by atoms with Crippen LogP contribution in [-0.4, -0.2) is 22.0 Å². The van der Waals surface area contributed by atoms with E-state index in [1.165, 1.54) is 0 Å². The van der Waals surface area contributed by atoms with Gasteiger partial charge in [0.2, 0.25) is 11.9 Å². The van der Waals surface area contributed by atoms with Gasteiger partial charge in [-0.3, -0.25) is 4.79 Å². The number of benzene rings is 2. The molecule has 2 heterocycles. The minimum atomic E-state index is -0.626. The minimum Gasteiger partial charge on any atom is -0.406 e. The van der Waals surface area contributed by atoms with Crippen LogP contribution in [0, 0.1) is 6.92 Å². The molecule has 0 saturated heterocycles. The third-order valence-corrected chi connectivity index (χ3v) is 4.03. The van der Waals surface area contributed by atoms with Crippen LogP contribution in [0.4, 0.5) is 33.6 Å². The summed E-state index contributed by atoms with van der Waals surface area (Å²) in [7, 11) is 0. The SMILES string of the molecule is Cc1cnc(Nc2ccc(C(N)=O)cc2)nc1Nc1ccc2c(c1)[N]C(=O)O2. The van der Waals surface area contributed by atoms with Gasteiger partial charge in [-0.1, -0.05) is 0 Å². The summed E-state index contributed by atoms with van der Waals surface area (Å²) in [5.74, 6) is 0.912. The number of nitrogens with one attached hydrogen (secondary N) is 2. The third kappa shape index (κ3) is 3.54. The number of rotatable bonds is 5. The van der Waals surface area contributed by atoms with Crippen molar-refractivity contribution in [2.45, 2.75) is 6.92 Å². The van der Waals surface area contributed by atoms with Crippen molar-refractivity contribution in [1.29, 1.82) is 0 Å². The molecule has 28 heavy (non-hydrogen) atoms. The summed E-state index contributed by atoms with van der Waals surface area (Å²) in [5, 5.41) is 10.1. The second-order valence-corrected chi connectivity index (χ2v) is 6.08. The van der Waals surface area contributed by atoms with Crippen molar-refractivity contribution in [1.82, 2.24) is 15.3 Å². The van der Waals surface area contributed by atoms with E-state index in [4.69, 9.17) is 10.5 Å². The standard InChI is InChI=1S/C19H15N6O3/c1-10-9-21-18(23-12-4-2-11(3-5-12)16(20)26)25-17(10)22-13-6-7-15-14(8-13)24-19(27)28-15/h2-9H,1H3,(H2,20,26)(H2,21,22,23,25). The quantitative estimate of drug-likeness (QED) is 0.624. The molecule has 2 amide bonds. The molecule has 0 bridgehead atoms. The average Bonchev–Trinajstić information content (AvgIpc) is 3.04. The molecule has 0 aliphatic carbocycles. The van der Waals surface area contributed by atoms with Gasteiger partial charge in [-0.2, -0.15) is 10.3 Å². The highest BCUT2D eigenvalue weighted by molar-refractivity contribution is 5.93. The Kier molecular flexibility index (Phi) is 4.24. The number of carbonyl (C=O) groups is 2. The van der Waals surface area contributed by atoms with Crippen molar-refractivity contribution in [2.24, 2.45) is 5.73 Å². The molecule has 1 aliphatic rings. The number of ether oxygens (including phenoxy) is 1. The van der Waals surface area contributed by atoms with E-state index in [2.05, 4.69) is 25.9 Å². The zero-order valence-corrected chi connectivity index (χ0v) is 14.8. The van der Waals surface area contributed by atoms with E-state index < -0.39 is 12.0 Å². The van der Waals surface area contributed by atoms with Crippen LogP contribution >= 0.6 is 0 Å². The van der Waals surface area contributed by atoms with Crippen LogP contribution in [0.5, 0.6) is 5.75 Å². The van der Waals surface area contributed by atoms with Gasteiger partial charge in [-0.05, 0) is 49.4 Å². The lowest BCUT2D eigenvalue weighted by Gasteiger charge is -2.11. The molecule has 9 nitrogen and oxygen atoms in total. The predicted octanol–water partition coefficient (Wildman–Crippen LogP) is 3.12. The Morgan fingerprint density at radius 1 is 1.07 bits per heavy atom. The molecule has 1 aliphatic heterocycles. The van der Waals surface area contributed by atoms with Crippen LogP contribution in [0.15, 0.2) is 48.7 Å². The molecule has 1 radical (unpaired) electrons. The van der Waals surface area contributed by atoms with Crippen molar-refractivity contribution < 1.29 is 14.3 Å². The van der Waals surface area contributed by atoms with Gasteiger partial charge in [0.1, 0.15) is 11.5 Å². The van der Waals surface area contributed by atoms with Crippen LogP contribution in [-0.2, 0) is 0 Å². The maximum atomic E-state index is 11.2. The molecule has 0 saturated carbocycles. The molecule has 0 fully saturated rings. The molecule has 0 unspecified atom stereocenters. The molecule has 1 aromatic heterocycles. The maximum Gasteiger partial charge on any atom is 0.439 e. The predicted molar refractivity (Wildman–Crippen MR) is 103 cm³/mol. The number of primary amides is 1. The summed E-state index contributed by atoms with van der Waals surface area (Å²) in [6.07, 6.45) is 1.05. The molecule has 9 heteroatoms. The third-order valence-electron chi connectivity index (χ3n) is 4.03. The first-order chi connectivity index (χ1) is 13.5. The van der Waals surface area contributed by atoms with Crippen molar-refractivity contribution in [3.05, 3.63) is 59.8 Å². The first-order valence-corrected chi connectivity index (χ1v) is 8.33. The van der Waals surface area contributed by atoms with Gasteiger partial charge in [-0.25, -0.2) is 9.78 Å². The monoisotopic (exact) mass is 375 g/mol. The molecule has 0 spiro atoms. The van der Waals surface area contributed by atoms with E-state index in [1.807, 2.05) is 6.92 Å². The maximum absolute atomic E-state index is 11.2. The number of carbonyl (C=O) groups excluding carboxylic acids is 2. The number of nitrogens with two attached hydrogens (primary N) is 1. The van der Waals surface area contributed by atoms with E-state index >= 15 is 0 Å². The Morgan fingerprint density at radius 2 is 1.82 bits per heavy atom. The Hall–Kier alpha value is -4.14. The largest absolute Gasteiger partial charge is 0.439 e. The molecule has 2 aromatic carbocycles. The Labute approximate surface area is 159 Å². The number of fused-ring (bicyclic) bond motifs is 1. The number of aryl methyl sites for hydroxylation is 1. The molecule has 0 atom stereocenters. The van der Waals surface area contributed by atoms with Gasteiger partial charge < -0.3 is 21.1 Å². The van der Waals surface area contributed by atoms with Gasteiger partial charge in [-0.15, -0.1) is 0 Å². The van der Waals surface area contributed by atoms with E-state index in [0.717, 1.165) is 5.56 Å². The lowest BCUT2D eigenvalue weighted by Crippen LogP contribution is -2.10. The zero-order valence-electron chi connectivity index (χ0n) is 14.8. The Bertz CT molecular complexity index is 1080. The molecule has 4 rings (SSSR count). The summed E-state index contributed by atoms with van der Waals surface area (Å²) >= 11 is 0. The molecule has 3 aromatic rings. The average molecular weight is 375 g/mol.